The number of esters is 1. The van der Waals surface area contributed by atoms with E-state index in [2.05, 4.69) is 4.74 Å². The van der Waals surface area contributed by atoms with E-state index in [4.69, 9.17) is 5.11 Å². The topological polar surface area (TPSA) is 66.8 Å². The number of hydrogen-bond donors (Lipinski definition) is 1. The van der Waals surface area contributed by atoms with E-state index in [0.717, 1.165) is 4.90 Å². The lowest BCUT2D eigenvalue weighted by molar-refractivity contribution is -0.159. The average Bonchev–Trinajstić information content (AvgIpc) is 2.02. The number of nitrogens with zero attached hydrogens (tertiary/aromatic N) is 1. The van der Waals surface area contributed by atoms with Gasteiger partial charge in [-0.25, -0.2) is 4.79 Å². The maximum atomic E-state index is 11.1. The number of amides is 1. The van der Waals surface area contributed by atoms with Crippen molar-refractivity contribution in [3.63, 3.8) is 0 Å². The lowest BCUT2D eigenvalue weighted by Gasteiger charge is -2.17. The van der Waals surface area contributed by atoms with Crippen LogP contribution in [-0.4, -0.2) is 48.2 Å². The second kappa shape index (κ2) is 5.53. The van der Waals surface area contributed by atoms with Gasteiger partial charge in [0, 0.05) is 13.6 Å². The largest absolute Gasteiger partial charge is 0.459 e. The molecule has 0 aliphatic rings. The van der Waals surface area contributed by atoms with Gasteiger partial charge in [-0.15, -0.1) is 0 Å². The standard InChI is InChI=1S/C8H15NO4/c1-4-13-8(12)7(11)9(3)5-6(2)10/h6,10H,4-5H2,1-3H3. The molecule has 0 spiro atoms. The van der Waals surface area contributed by atoms with Crippen LogP contribution in [0.1, 0.15) is 13.8 Å². The number of aliphatic hydroxyl groups is 1. The molecule has 0 rings (SSSR count). The number of aliphatic hydroxyl groups excluding tert-OH is 1. The van der Waals surface area contributed by atoms with Crippen LogP contribution >= 0.6 is 0 Å². The number of carbonyl (C=O) groups excluding carboxylic acids is 2. The Morgan fingerprint density at radius 1 is 1.54 bits per heavy atom. The molecule has 0 fully saturated rings. The van der Waals surface area contributed by atoms with Crippen LogP contribution in [0.4, 0.5) is 0 Å². The van der Waals surface area contributed by atoms with Crippen molar-refractivity contribution in [1.29, 1.82) is 0 Å². The van der Waals surface area contributed by atoms with Gasteiger partial charge in [-0.2, -0.15) is 0 Å². The Morgan fingerprint density at radius 3 is 2.46 bits per heavy atom. The minimum atomic E-state index is -0.884. The highest BCUT2D eigenvalue weighted by Crippen LogP contribution is 1.91. The first-order chi connectivity index (χ1) is 5.99. The van der Waals surface area contributed by atoms with E-state index in [-0.39, 0.29) is 13.2 Å². The van der Waals surface area contributed by atoms with Gasteiger partial charge in [0.15, 0.2) is 0 Å². The zero-order valence-corrected chi connectivity index (χ0v) is 8.11. The van der Waals surface area contributed by atoms with Crippen molar-refractivity contribution in [1.82, 2.24) is 4.90 Å². The summed E-state index contributed by atoms with van der Waals surface area (Å²) in [6.45, 7) is 3.46. The molecule has 1 unspecified atom stereocenters. The SMILES string of the molecule is CCOC(=O)C(=O)N(C)CC(C)O. The number of likely N-dealkylation sites (N-methyl/N-ethyl adjacent to an activating group) is 1. The van der Waals surface area contributed by atoms with E-state index in [1.807, 2.05) is 0 Å². The molecule has 76 valence electrons. The molecule has 0 aromatic heterocycles. The predicted octanol–water partition coefficient (Wildman–Crippen LogP) is -0.611. The van der Waals surface area contributed by atoms with Crippen molar-refractivity contribution in [3.05, 3.63) is 0 Å². The summed E-state index contributed by atoms with van der Waals surface area (Å²) in [6.07, 6.45) is -0.650. The molecule has 0 aromatic carbocycles. The van der Waals surface area contributed by atoms with Gasteiger partial charge in [0.1, 0.15) is 0 Å². The quantitative estimate of drug-likeness (QED) is 0.475. The fraction of sp³-hybridized carbons (Fsp3) is 0.750. The van der Waals surface area contributed by atoms with Crippen LogP contribution in [0, 0.1) is 0 Å². The van der Waals surface area contributed by atoms with Gasteiger partial charge in [0.2, 0.25) is 0 Å². The third-order valence-corrected chi connectivity index (χ3v) is 1.33. The average molecular weight is 189 g/mol. The first kappa shape index (κ1) is 11.9. The molecule has 0 saturated carbocycles. The summed E-state index contributed by atoms with van der Waals surface area (Å²) >= 11 is 0. The Hall–Kier alpha value is -1.10. The van der Waals surface area contributed by atoms with Gasteiger partial charge < -0.3 is 14.7 Å². The van der Waals surface area contributed by atoms with E-state index in [1.54, 1.807) is 6.92 Å². The van der Waals surface area contributed by atoms with Crippen LogP contribution in [0.25, 0.3) is 0 Å². The number of rotatable bonds is 3. The van der Waals surface area contributed by atoms with E-state index in [0.29, 0.717) is 0 Å². The third kappa shape index (κ3) is 4.47. The highest BCUT2D eigenvalue weighted by atomic mass is 16.5. The molecule has 5 nitrogen and oxygen atoms in total. The van der Waals surface area contributed by atoms with Crippen LogP contribution < -0.4 is 0 Å². The lowest BCUT2D eigenvalue weighted by atomic mass is 10.3. The Bertz CT molecular complexity index is 191. The highest BCUT2D eigenvalue weighted by molar-refractivity contribution is 6.32. The van der Waals surface area contributed by atoms with Gasteiger partial charge in [0.25, 0.3) is 0 Å². The van der Waals surface area contributed by atoms with Crippen LogP contribution in [-0.2, 0) is 14.3 Å². The summed E-state index contributed by atoms with van der Waals surface area (Å²) in [6, 6.07) is 0. The molecule has 0 radical (unpaired) electrons. The van der Waals surface area contributed by atoms with E-state index >= 15 is 0 Å². The van der Waals surface area contributed by atoms with Crippen molar-refractivity contribution >= 4 is 11.9 Å². The molecule has 0 saturated heterocycles. The fourth-order valence-corrected chi connectivity index (χ4v) is 0.828. The molecule has 1 atom stereocenters. The highest BCUT2D eigenvalue weighted by Gasteiger charge is 2.20. The van der Waals surface area contributed by atoms with Gasteiger partial charge in [-0.05, 0) is 13.8 Å². The third-order valence-electron chi connectivity index (χ3n) is 1.33. The summed E-state index contributed by atoms with van der Waals surface area (Å²) < 4.78 is 4.49. The lowest BCUT2D eigenvalue weighted by Crippen LogP contribution is -2.38. The summed E-state index contributed by atoms with van der Waals surface area (Å²) in [5.41, 5.74) is 0. The Labute approximate surface area is 77.3 Å². The first-order valence-electron chi connectivity index (χ1n) is 4.09. The molecule has 0 bridgehead atoms. The van der Waals surface area contributed by atoms with Gasteiger partial charge >= 0.3 is 11.9 Å². The minimum Gasteiger partial charge on any atom is -0.459 e. The van der Waals surface area contributed by atoms with Crippen LogP contribution in [0.2, 0.25) is 0 Å². The summed E-state index contributed by atoms with van der Waals surface area (Å²) in [7, 11) is 1.44. The van der Waals surface area contributed by atoms with E-state index in [1.165, 1.54) is 14.0 Å². The molecular weight excluding hydrogens is 174 g/mol. The molecule has 13 heavy (non-hydrogen) atoms. The Kier molecular flexibility index (Phi) is 5.06. The first-order valence-corrected chi connectivity index (χ1v) is 4.09. The van der Waals surface area contributed by atoms with Gasteiger partial charge in [-0.3, -0.25) is 4.79 Å². The molecular formula is C8H15NO4. The minimum absolute atomic E-state index is 0.123. The molecule has 0 aliphatic heterocycles. The second-order valence-electron chi connectivity index (χ2n) is 2.76. The fourth-order valence-electron chi connectivity index (χ4n) is 0.828. The van der Waals surface area contributed by atoms with Crippen LogP contribution in [0.3, 0.4) is 0 Å². The molecule has 0 aliphatic carbocycles. The van der Waals surface area contributed by atoms with Crippen molar-refractivity contribution < 1.29 is 19.4 Å². The molecule has 5 heteroatoms. The monoisotopic (exact) mass is 189 g/mol. The summed E-state index contributed by atoms with van der Waals surface area (Å²) in [5, 5.41) is 8.94. The number of carbonyl (C=O) groups is 2. The molecule has 0 heterocycles. The second-order valence-corrected chi connectivity index (χ2v) is 2.76. The number of ether oxygens (including phenoxy) is 1. The normalized spacial score (nSPS) is 12.0. The van der Waals surface area contributed by atoms with Crippen molar-refractivity contribution in [2.75, 3.05) is 20.2 Å². The van der Waals surface area contributed by atoms with Crippen LogP contribution in [0.15, 0.2) is 0 Å². The van der Waals surface area contributed by atoms with Gasteiger partial charge in [-0.1, -0.05) is 0 Å². The van der Waals surface area contributed by atoms with Crippen molar-refractivity contribution in [2.45, 2.75) is 20.0 Å². The zero-order valence-electron chi connectivity index (χ0n) is 8.11. The molecule has 1 amide bonds. The van der Waals surface area contributed by atoms with Crippen molar-refractivity contribution in [3.8, 4) is 0 Å². The molecule has 1 N–H and O–H groups in total. The zero-order chi connectivity index (χ0) is 10.4. The maximum Gasteiger partial charge on any atom is 0.397 e. The predicted molar refractivity (Wildman–Crippen MR) is 46.0 cm³/mol. The van der Waals surface area contributed by atoms with E-state index < -0.39 is 18.0 Å². The molecule has 0 aromatic rings. The Morgan fingerprint density at radius 2 is 2.08 bits per heavy atom. The van der Waals surface area contributed by atoms with Gasteiger partial charge in [0.05, 0.1) is 12.7 Å². The Balaban J connectivity index is 4.02. The number of hydrogen-bond acceptors (Lipinski definition) is 4. The van der Waals surface area contributed by atoms with Crippen molar-refractivity contribution in [2.24, 2.45) is 0 Å². The van der Waals surface area contributed by atoms with Crippen LogP contribution in [0.5, 0.6) is 0 Å². The summed E-state index contributed by atoms with van der Waals surface area (Å²) in [4.78, 5) is 23.1. The smallest absolute Gasteiger partial charge is 0.397 e. The maximum absolute atomic E-state index is 11.1. The van der Waals surface area contributed by atoms with E-state index in [9.17, 15) is 9.59 Å². The summed E-state index contributed by atoms with van der Waals surface area (Å²) in [5.74, 6) is -1.62.